The maximum absolute atomic E-state index is 4.72. The zero-order chi connectivity index (χ0) is 14.1. The van der Waals surface area contributed by atoms with Crippen molar-refractivity contribution >= 4 is 17.2 Å². The number of nitrogens with one attached hydrogen (secondary N) is 1. The van der Waals surface area contributed by atoms with E-state index >= 15 is 0 Å². The number of fused-ring (bicyclic) bond motifs is 1. The Kier molecular flexibility index (Phi) is 3.06. The fourth-order valence-electron chi connectivity index (χ4n) is 2.35. The van der Waals surface area contributed by atoms with Gasteiger partial charge in [-0.2, -0.15) is 0 Å². The fraction of sp³-hybridized carbons (Fsp3) is 0.188. The predicted octanol–water partition coefficient (Wildman–Crippen LogP) is 3.11. The van der Waals surface area contributed by atoms with Crippen molar-refractivity contribution in [3.05, 3.63) is 48.7 Å². The molecule has 102 valence electrons. The van der Waals surface area contributed by atoms with E-state index in [1.165, 1.54) is 5.69 Å². The van der Waals surface area contributed by atoms with Gasteiger partial charge in [0.25, 0.3) is 0 Å². The molecule has 1 N–H and O–H groups in total. The Hall–Kier alpha value is -2.49. The third kappa shape index (κ3) is 1.99. The Morgan fingerprint density at radius 2 is 1.80 bits per heavy atom. The standard InChI is InChI=1S/C16H18N4/c1-17-16-15(18-14-6-4-5-11-20(14)16)12-7-9-13(10-8-12)19(2)3/h4-11,17H,1-3H3. The molecule has 0 aliphatic carbocycles. The van der Waals surface area contributed by atoms with Crippen molar-refractivity contribution in [3.63, 3.8) is 0 Å². The largest absolute Gasteiger partial charge is 0.378 e. The van der Waals surface area contributed by atoms with Crippen LogP contribution in [0.4, 0.5) is 11.5 Å². The van der Waals surface area contributed by atoms with Crippen molar-refractivity contribution in [1.29, 1.82) is 0 Å². The van der Waals surface area contributed by atoms with Crippen LogP contribution in [0, 0.1) is 0 Å². The van der Waals surface area contributed by atoms with Crippen LogP contribution in [0.3, 0.4) is 0 Å². The van der Waals surface area contributed by atoms with Crippen molar-refractivity contribution in [2.75, 3.05) is 31.4 Å². The molecule has 2 aromatic heterocycles. The zero-order valence-corrected chi connectivity index (χ0v) is 12.0. The second-order valence-corrected chi connectivity index (χ2v) is 4.93. The van der Waals surface area contributed by atoms with Gasteiger partial charge in [0.2, 0.25) is 0 Å². The number of pyridine rings is 1. The van der Waals surface area contributed by atoms with Gasteiger partial charge < -0.3 is 10.2 Å². The summed E-state index contributed by atoms with van der Waals surface area (Å²) in [6.07, 6.45) is 2.02. The zero-order valence-electron chi connectivity index (χ0n) is 12.0. The molecule has 0 aliphatic heterocycles. The Balaban J connectivity index is 2.13. The molecule has 1 aromatic carbocycles. The highest BCUT2D eigenvalue weighted by Gasteiger charge is 2.12. The minimum Gasteiger partial charge on any atom is -0.378 e. The second kappa shape index (κ2) is 4.89. The molecule has 4 heteroatoms. The lowest BCUT2D eigenvalue weighted by molar-refractivity contribution is 1.13. The molecule has 0 radical (unpaired) electrons. The van der Waals surface area contributed by atoms with Crippen LogP contribution < -0.4 is 10.2 Å². The number of imidazole rings is 1. The lowest BCUT2D eigenvalue weighted by atomic mass is 10.1. The molecular weight excluding hydrogens is 248 g/mol. The highest BCUT2D eigenvalue weighted by atomic mass is 15.1. The van der Waals surface area contributed by atoms with Gasteiger partial charge in [-0.15, -0.1) is 0 Å². The second-order valence-electron chi connectivity index (χ2n) is 4.93. The van der Waals surface area contributed by atoms with Gasteiger partial charge in [-0.1, -0.05) is 18.2 Å². The van der Waals surface area contributed by atoms with E-state index in [1.807, 2.05) is 45.5 Å². The first-order chi connectivity index (χ1) is 9.70. The van der Waals surface area contributed by atoms with Crippen molar-refractivity contribution in [2.45, 2.75) is 0 Å². The summed E-state index contributed by atoms with van der Waals surface area (Å²) in [4.78, 5) is 6.80. The lowest BCUT2D eigenvalue weighted by Crippen LogP contribution is -2.07. The van der Waals surface area contributed by atoms with Gasteiger partial charge in [-0.25, -0.2) is 4.98 Å². The molecule has 0 fully saturated rings. The number of nitrogens with zero attached hydrogens (tertiary/aromatic N) is 3. The summed E-state index contributed by atoms with van der Waals surface area (Å²) in [5.41, 5.74) is 4.22. The van der Waals surface area contributed by atoms with Crippen LogP contribution in [0.15, 0.2) is 48.7 Å². The van der Waals surface area contributed by atoms with Gasteiger partial charge in [-0.05, 0) is 24.3 Å². The van der Waals surface area contributed by atoms with Crippen molar-refractivity contribution < 1.29 is 0 Å². The minimum atomic E-state index is 0.948. The molecule has 2 heterocycles. The van der Waals surface area contributed by atoms with Crippen LogP contribution in [-0.2, 0) is 0 Å². The SMILES string of the molecule is CNc1c(-c2ccc(N(C)C)cc2)nc2ccccn12. The first-order valence-corrected chi connectivity index (χ1v) is 6.63. The molecule has 0 saturated heterocycles. The molecule has 0 atom stereocenters. The smallest absolute Gasteiger partial charge is 0.139 e. The number of aromatic nitrogens is 2. The van der Waals surface area contributed by atoms with Gasteiger partial charge in [0.05, 0.1) is 0 Å². The van der Waals surface area contributed by atoms with Crippen LogP contribution >= 0.6 is 0 Å². The van der Waals surface area contributed by atoms with Crippen molar-refractivity contribution in [1.82, 2.24) is 9.38 Å². The third-order valence-corrected chi connectivity index (χ3v) is 3.42. The Labute approximate surface area is 118 Å². The highest BCUT2D eigenvalue weighted by Crippen LogP contribution is 2.29. The Bertz CT molecular complexity index is 726. The van der Waals surface area contributed by atoms with E-state index in [9.17, 15) is 0 Å². The van der Waals surface area contributed by atoms with E-state index in [0.29, 0.717) is 0 Å². The molecule has 4 nitrogen and oxygen atoms in total. The minimum absolute atomic E-state index is 0.948. The quantitative estimate of drug-likeness (QED) is 0.790. The fourth-order valence-corrected chi connectivity index (χ4v) is 2.35. The normalized spacial score (nSPS) is 10.8. The summed E-state index contributed by atoms with van der Waals surface area (Å²) in [5, 5.41) is 3.24. The number of hydrogen-bond acceptors (Lipinski definition) is 3. The molecule has 20 heavy (non-hydrogen) atoms. The average molecular weight is 266 g/mol. The summed E-state index contributed by atoms with van der Waals surface area (Å²) < 4.78 is 2.06. The van der Waals surface area contributed by atoms with Crippen molar-refractivity contribution in [3.8, 4) is 11.3 Å². The monoisotopic (exact) mass is 266 g/mol. The van der Waals surface area contributed by atoms with Gasteiger partial charge in [0.15, 0.2) is 0 Å². The summed E-state index contributed by atoms with van der Waals surface area (Å²) in [7, 11) is 6.01. The third-order valence-electron chi connectivity index (χ3n) is 3.42. The number of benzene rings is 1. The van der Waals surface area contributed by atoms with E-state index in [1.54, 1.807) is 0 Å². The maximum atomic E-state index is 4.72. The van der Waals surface area contributed by atoms with Crippen LogP contribution in [0.25, 0.3) is 16.9 Å². The lowest BCUT2D eigenvalue weighted by Gasteiger charge is -2.12. The van der Waals surface area contributed by atoms with E-state index in [2.05, 4.69) is 38.9 Å². The van der Waals surface area contributed by atoms with Gasteiger partial charge in [0.1, 0.15) is 17.2 Å². The van der Waals surface area contributed by atoms with E-state index in [0.717, 1.165) is 22.7 Å². The van der Waals surface area contributed by atoms with Gasteiger partial charge in [0, 0.05) is 38.6 Å². The highest BCUT2D eigenvalue weighted by molar-refractivity contribution is 5.77. The van der Waals surface area contributed by atoms with Gasteiger partial charge >= 0.3 is 0 Å². The molecule has 0 aliphatic rings. The summed E-state index contributed by atoms with van der Waals surface area (Å²) in [5.74, 6) is 1.01. The summed E-state index contributed by atoms with van der Waals surface area (Å²) >= 11 is 0. The molecule has 0 spiro atoms. The van der Waals surface area contributed by atoms with Crippen molar-refractivity contribution in [2.24, 2.45) is 0 Å². The van der Waals surface area contributed by atoms with Gasteiger partial charge in [-0.3, -0.25) is 4.40 Å². The Morgan fingerprint density at radius 3 is 2.45 bits per heavy atom. The van der Waals surface area contributed by atoms with E-state index in [-0.39, 0.29) is 0 Å². The molecule has 3 rings (SSSR count). The average Bonchev–Trinajstić information content (AvgIpc) is 2.85. The summed E-state index contributed by atoms with van der Waals surface area (Å²) in [6.45, 7) is 0. The Morgan fingerprint density at radius 1 is 1.05 bits per heavy atom. The molecule has 3 aromatic rings. The number of anilines is 2. The molecular formula is C16H18N4. The van der Waals surface area contributed by atoms with Crippen LogP contribution in [0.1, 0.15) is 0 Å². The number of rotatable bonds is 3. The van der Waals surface area contributed by atoms with E-state index < -0.39 is 0 Å². The summed E-state index contributed by atoms with van der Waals surface area (Å²) in [6, 6.07) is 14.5. The first kappa shape index (κ1) is 12.5. The van der Waals surface area contributed by atoms with E-state index in [4.69, 9.17) is 4.98 Å². The number of hydrogen-bond donors (Lipinski definition) is 1. The van der Waals surface area contributed by atoms with Crippen LogP contribution in [0.5, 0.6) is 0 Å². The molecule has 0 bridgehead atoms. The van der Waals surface area contributed by atoms with Crippen LogP contribution in [-0.4, -0.2) is 30.5 Å². The first-order valence-electron chi connectivity index (χ1n) is 6.63. The molecule has 0 unspecified atom stereocenters. The molecule has 0 saturated carbocycles. The molecule has 0 amide bonds. The topological polar surface area (TPSA) is 32.6 Å². The van der Waals surface area contributed by atoms with Crippen LogP contribution in [0.2, 0.25) is 0 Å². The maximum Gasteiger partial charge on any atom is 0.139 e. The predicted molar refractivity (Wildman–Crippen MR) is 84.5 cm³/mol.